The van der Waals surface area contributed by atoms with E-state index in [1.807, 2.05) is 47.2 Å². The molecule has 0 aliphatic carbocycles. The highest BCUT2D eigenvalue weighted by Gasteiger charge is 2.10. The van der Waals surface area contributed by atoms with Crippen LogP contribution < -0.4 is 20.1 Å². The molecular formula is C22H26N4O4. The predicted octanol–water partition coefficient (Wildman–Crippen LogP) is 3.07. The molecule has 3 amide bonds. The first kappa shape index (κ1) is 21.0. The van der Waals surface area contributed by atoms with Gasteiger partial charge in [-0.1, -0.05) is 0 Å². The molecule has 0 aliphatic heterocycles. The van der Waals surface area contributed by atoms with E-state index in [2.05, 4.69) is 10.6 Å². The summed E-state index contributed by atoms with van der Waals surface area (Å²) in [6, 6.07) is 12.6. The molecule has 158 valence electrons. The van der Waals surface area contributed by atoms with Crippen LogP contribution in [0.15, 0.2) is 48.7 Å². The summed E-state index contributed by atoms with van der Waals surface area (Å²) in [5, 5.41) is 6.60. The van der Waals surface area contributed by atoms with Crippen LogP contribution in [0, 0.1) is 0 Å². The highest BCUT2D eigenvalue weighted by atomic mass is 16.5. The Balaban J connectivity index is 1.63. The fourth-order valence-electron chi connectivity index (χ4n) is 3.03. The number of aromatic nitrogens is 1. The number of urea groups is 1. The number of ether oxygens (including phenoxy) is 2. The molecule has 3 rings (SSSR count). The average molecular weight is 410 g/mol. The van der Waals surface area contributed by atoms with E-state index in [-0.39, 0.29) is 18.5 Å². The van der Waals surface area contributed by atoms with Gasteiger partial charge in [-0.15, -0.1) is 0 Å². The van der Waals surface area contributed by atoms with Crippen LogP contribution in [0.3, 0.4) is 0 Å². The van der Waals surface area contributed by atoms with E-state index in [1.165, 1.54) is 0 Å². The van der Waals surface area contributed by atoms with Crippen molar-refractivity contribution < 1.29 is 19.1 Å². The van der Waals surface area contributed by atoms with Crippen LogP contribution in [0.25, 0.3) is 10.9 Å². The Hall–Kier alpha value is -3.68. The van der Waals surface area contributed by atoms with Crippen molar-refractivity contribution in [1.29, 1.82) is 0 Å². The molecule has 0 spiro atoms. The number of rotatable bonds is 7. The Labute approximate surface area is 175 Å². The molecule has 0 fully saturated rings. The Kier molecular flexibility index (Phi) is 6.46. The molecule has 30 heavy (non-hydrogen) atoms. The van der Waals surface area contributed by atoms with Gasteiger partial charge >= 0.3 is 6.03 Å². The molecule has 0 radical (unpaired) electrons. The zero-order valence-corrected chi connectivity index (χ0v) is 17.6. The minimum absolute atomic E-state index is 0.0169. The van der Waals surface area contributed by atoms with Crippen molar-refractivity contribution in [2.24, 2.45) is 0 Å². The van der Waals surface area contributed by atoms with Crippen molar-refractivity contribution in [1.82, 2.24) is 14.8 Å². The van der Waals surface area contributed by atoms with Gasteiger partial charge in [0.05, 0.1) is 14.2 Å². The number of amides is 3. The minimum Gasteiger partial charge on any atom is -0.497 e. The number of hydrogen-bond acceptors (Lipinski definition) is 4. The second-order valence-corrected chi connectivity index (χ2v) is 7.03. The third-order valence-electron chi connectivity index (χ3n) is 4.70. The van der Waals surface area contributed by atoms with Gasteiger partial charge in [-0.2, -0.15) is 0 Å². The highest BCUT2D eigenvalue weighted by molar-refractivity contribution is 5.93. The van der Waals surface area contributed by atoms with Crippen LogP contribution in [-0.4, -0.2) is 49.7 Å². The Morgan fingerprint density at radius 2 is 1.70 bits per heavy atom. The average Bonchev–Trinajstić information content (AvgIpc) is 3.13. The maximum atomic E-state index is 12.3. The third-order valence-corrected chi connectivity index (χ3v) is 4.70. The summed E-state index contributed by atoms with van der Waals surface area (Å²) in [5.74, 6) is 1.34. The number of carbonyl (C=O) groups excluding carboxylic acids is 2. The molecular weight excluding hydrogens is 384 g/mol. The summed E-state index contributed by atoms with van der Waals surface area (Å²) in [5.41, 5.74) is 2.46. The van der Waals surface area contributed by atoms with Crippen LogP contribution >= 0.6 is 0 Å². The fourth-order valence-corrected chi connectivity index (χ4v) is 3.03. The minimum atomic E-state index is -0.321. The molecule has 1 heterocycles. The number of benzene rings is 2. The van der Waals surface area contributed by atoms with E-state index < -0.39 is 0 Å². The van der Waals surface area contributed by atoms with E-state index in [1.54, 1.807) is 39.3 Å². The summed E-state index contributed by atoms with van der Waals surface area (Å²) in [6.45, 7) is 0.596. The van der Waals surface area contributed by atoms with Crippen LogP contribution in [0.1, 0.15) is 5.56 Å². The summed E-state index contributed by atoms with van der Waals surface area (Å²) in [7, 11) is 6.63. The molecule has 0 saturated heterocycles. The maximum absolute atomic E-state index is 12.3. The Morgan fingerprint density at radius 1 is 1.00 bits per heavy atom. The summed E-state index contributed by atoms with van der Waals surface area (Å²) >= 11 is 0. The van der Waals surface area contributed by atoms with Crippen LogP contribution in [-0.2, 0) is 17.9 Å². The largest absolute Gasteiger partial charge is 0.497 e. The molecule has 8 heteroatoms. The molecule has 2 aromatic carbocycles. The first-order valence-electron chi connectivity index (χ1n) is 9.45. The van der Waals surface area contributed by atoms with Gasteiger partial charge < -0.3 is 29.6 Å². The molecule has 3 aromatic rings. The van der Waals surface area contributed by atoms with E-state index >= 15 is 0 Å². The quantitative estimate of drug-likeness (QED) is 0.627. The van der Waals surface area contributed by atoms with Crippen molar-refractivity contribution in [2.45, 2.75) is 13.1 Å². The number of methoxy groups -OCH3 is 2. The van der Waals surface area contributed by atoms with Gasteiger partial charge in [0.1, 0.15) is 18.0 Å². The van der Waals surface area contributed by atoms with Crippen molar-refractivity contribution in [2.75, 3.05) is 33.6 Å². The van der Waals surface area contributed by atoms with Gasteiger partial charge in [-0.05, 0) is 42.0 Å². The summed E-state index contributed by atoms with van der Waals surface area (Å²) < 4.78 is 12.4. The van der Waals surface area contributed by atoms with Gasteiger partial charge in [0.15, 0.2) is 0 Å². The zero-order valence-electron chi connectivity index (χ0n) is 17.6. The van der Waals surface area contributed by atoms with Crippen molar-refractivity contribution in [3.63, 3.8) is 0 Å². The van der Waals surface area contributed by atoms with Crippen LogP contribution in [0.5, 0.6) is 11.5 Å². The van der Waals surface area contributed by atoms with Crippen molar-refractivity contribution >= 4 is 28.5 Å². The SMILES string of the molecule is COc1cc(CNC(=O)Nc2ccc3c(ccn3CC(=O)N(C)C)c2)cc(OC)c1. The van der Waals surface area contributed by atoms with Gasteiger partial charge in [0.25, 0.3) is 0 Å². The lowest BCUT2D eigenvalue weighted by Crippen LogP contribution is -2.28. The van der Waals surface area contributed by atoms with E-state index in [0.29, 0.717) is 23.7 Å². The lowest BCUT2D eigenvalue weighted by Gasteiger charge is -2.12. The molecule has 0 bridgehead atoms. The van der Waals surface area contributed by atoms with Crippen molar-refractivity contribution in [3.05, 3.63) is 54.2 Å². The first-order valence-corrected chi connectivity index (χ1v) is 9.45. The third kappa shape index (κ3) is 5.02. The van der Waals surface area contributed by atoms with E-state index in [9.17, 15) is 9.59 Å². The van der Waals surface area contributed by atoms with Crippen molar-refractivity contribution in [3.8, 4) is 11.5 Å². The van der Waals surface area contributed by atoms with Gasteiger partial charge in [0.2, 0.25) is 5.91 Å². The number of fused-ring (bicyclic) bond motifs is 1. The number of hydrogen-bond donors (Lipinski definition) is 2. The normalized spacial score (nSPS) is 10.5. The summed E-state index contributed by atoms with van der Waals surface area (Å²) in [4.78, 5) is 25.8. The lowest BCUT2D eigenvalue weighted by molar-refractivity contribution is -0.129. The molecule has 0 aliphatic rings. The molecule has 0 unspecified atom stereocenters. The van der Waals surface area contributed by atoms with Gasteiger partial charge in [-0.3, -0.25) is 4.79 Å². The second-order valence-electron chi connectivity index (χ2n) is 7.03. The lowest BCUT2D eigenvalue weighted by atomic mass is 10.2. The second kappa shape index (κ2) is 9.21. The predicted molar refractivity (Wildman–Crippen MR) is 116 cm³/mol. The monoisotopic (exact) mass is 410 g/mol. The fraction of sp³-hybridized carbons (Fsp3) is 0.273. The number of anilines is 1. The van der Waals surface area contributed by atoms with Crippen LogP contribution in [0.4, 0.5) is 10.5 Å². The summed E-state index contributed by atoms with van der Waals surface area (Å²) in [6.07, 6.45) is 1.87. The van der Waals surface area contributed by atoms with E-state index in [4.69, 9.17) is 9.47 Å². The van der Waals surface area contributed by atoms with Gasteiger partial charge in [-0.25, -0.2) is 4.79 Å². The number of nitrogens with zero attached hydrogens (tertiary/aromatic N) is 2. The number of nitrogens with one attached hydrogen (secondary N) is 2. The van der Waals surface area contributed by atoms with Gasteiger partial charge in [0, 0.05) is 49.5 Å². The number of carbonyl (C=O) groups is 2. The molecule has 1 aromatic heterocycles. The Bertz CT molecular complexity index is 1040. The zero-order chi connectivity index (χ0) is 21.7. The first-order chi connectivity index (χ1) is 14.4. The highest BCUT2D eigenvalue weighted by Crippen LogP contribution is 2.23. The van der Waals surface area contributed by atoms with E-state index in [0.717, 1.165) is 16.5 Å². The topological polar surface area (TPSA) is 84.8 Å². The number of likely N-dealkylation sites (N-methyl/N-ethyl adjacent to an activating group) is 1. The molecule has 8 nitrogen and oxygen atoms in total. The Morgan fingerprint density at radius 3 is 2.33 bits per heavy atom. The standard InChI is InChI=1S/C22H26N4O4/c1-25(2)21(27)14-26-8-7-16-11-17(5-6-20(16)26)24-22(28)23-13-15-9-18(29-3)12-19(10-15)30-4/h5-12H,13-14H2,1-4H3,(H2,23,24,28). The smallest absolute Gasteiger partial charge is 0.319 e. The molecule has 0 atom stereocenters. The molecule has 0 saturated carbocycles. The molecule has 2 N–H and O–H groups in total. The van der Waals surface area contributed by atoms with Crippen LogP contribution in [0.2, 0.25) is 0 Å². The maximum Gasteiger partial charge on any atom is 0.319 e.